The van der Waals surface area contributed by atoms with Gasteiger partial charge in [0.15, 0.2) is 11.5 Å². The number of furan rings is 1. The Morgan fingerprint density at radius 2 is 2.10 bits per heavy atom. The quantitative estimate of drug-likeness (QED) is 0.419. The lowest BCUT2D eigenvalue weighted by Crippen LogP contribution is -2.28. The third-order valence-electron chi connectivity index (χ3n) is 4.36. The van der Waals surface area contributed by atoms with Gasteiger partial charge in [-0.25, -0.2) is 0 Å². The van der Waals surface area contributed by atoms with E-state index in [9.17, 15) is 4.79 Å². The van der Waals surface area contributed by atoms with Gasteiger partial charge in [-0.05, 0) is 61.4 Å². The molecule has 3 rings (SSSR count). The van der Waals surface area contributed by atoms with Crippen molar-refractivity contribution in [3.63, 3.8) is 0 Å². The number of hydrogen-bond donors (Lipinski definition) is 0. The molecule has 0 saturated carbocycles. The number of amides is 1. The smallest absolute Gasteiger partial charge is 0.247 e. The van der Waals surface area contributed by atoms with Crippen LogP contribution < -0.4 is 9.47 Å². The minimum absolute atomic E-state index is 0.0444. The Morgan fingerprint density at radius 1 is 1.26 bits per heavy atom. The van der Waals surface area contributed by atoms with Gasteiger partial charge in [-0.15, -0.1) is 0 Å². The van der Waals surface area contributed by atoms with Gasteiger partial charge in [-0.3, -0.25) is 9.78 Å². The first-order chi connectivity index (χ1) is 15.0. The summed E-state index contributed by atoms with van der Waals surface area (Å²) in [5, 5.41) is 0.419. The second-order valence-electron chi connectivity index (χ2n) is 7.17. The molecular weight excluding hydrogens is 416 g/mol. The Hall–Kier alpha value is -3.25. The molecular formula is C24H25ClN2O4. The number of hydrogen-bond acceptors (Lipinski definition) is 5. The zero-order valence-corrected chi connectivity index (χ0v) is 18.5. The van der Waals surface area contributed by atoms with Crippen LogP contribution in [0.4, 0.5) is 0 Å². The summed E-state index contributed by atoms with van der Waals surface area (Å²) in [5.74, 6) is 1.53. The lowest BCUT2D eigenvalue weighted by Gasteiger charge is -2.20. The van der Waals surface area contributed by atoms with Gasteiger partial charge in [0.25, 0.3) is 0 Å². The van der Waals surface area contributed by atoms with Crippen LogP contribution >= 0.6 is 11.6 Å². The normalized spacial score (nSPS) is 11.1. The molecule has 0 aliphatic heterocycles. The number of halogens is 1. The average molecular weight is 441 g/mol. The highest BCUT2D eigenvalue weighted by atomic mass is 35.5. The Bertz CT molecular complexity index is 1020. The van der Waals surface area contributed by atoms with Crippen LogP contribution in [0, 0.1) is 0 Å². The first-order valence-corrected chi connectivity index (χ1v) is 10.3. The predicted octanol–water partition coefficient (Wildman–Crippen LogP) is 5.37. The van der Waals surface area contributed by atoms with Crippen molar-refractivity contribution in [3.05, 3.63) is 83.0 Å². The van der Waals surface area contributed by atoms with E-state index < -0.39 is 0 Å². The topological polar surface area (TPSA) is 64.8 Å². The van der Waals surface area contributed by atoms with Crippen LogP contribution in [0.3, 0.4) is 0 Å². The monoisotopic (exact) mass is 440 g/mol. The van der Waals surface area contributed by atoms with Crippen molar-refractivity contribution in [2.45, 2.75) is 33.0 Å². The Balaban J connectivity index is 1.80. The van der Waals surface area contributed by atoms with Crippen molar-refractivity contribution < 1.29 is 18.7 Å². The Morgan fingerprint density at radius 3 is 2.74 bits per heavy atom. The standard InChI is InChI=1S/C24H25ClN2O4/c1-17(2)31-24-21(25)12-18(13-22(24)29-3)8-9-23(28)27(16-20-7-5-11-30-20)15-19-6-4-10-26-14-19/h4-14,17H,15-16H2,1-3H3/b9-8+. The second-order valence-corrected chi connectivity index (χ2v) is 7.58. The zero-order valence-electron chi connectivity index (χ0n) is 17.7. The molecule has 0 fully saturated rings. The fourth-order valence-electron chi connectivity index (χ4n) is 2.97. The molecule has 31 heavy (non-hydrogen) atoms. The fourth-order valence-corrected chi connectivity index (χ4v) is 3.24. The summed E-state index contributed by atoms with van der Waals surface area (Å²) >= 11 is 6.38. The highest BCUT2D eigenvalue weighted by Crippen LogP contribution is 2.37. The van der Waals surface area contributed by atoms with Gasteiger partial charge in [-0.2, -0.15) is 0 Å². The van der Waals surface area contributed by atoms with E-state index >= 15 is 0 Å². The van der Waals surface area contributed by atoms with Crippen molar-refractivity contribution in [3.8, 4) is 11.5 Å². The zero-order chi connectivity index (χ0) is 22.2. The first kappa shape index (κ1) is 22.4. The van der Waals surface area contributed by atoms with E-state index in [1.165, 1.54) is 6.08 Å². The Kier molecular flexibility index (Phi) is 7.73. The lowest BCUT2D eigenvalue weighted by molar-refractivity contribution is -0.127. The molecule has 0 spiro atoms. The van der Waals surface area contributed by atoms with Crippen LogP contribution in [-0.4, -0.2) is 29.0 Å². The molecule has 2 aromatic heterocycles. The third-order valence-corrected chi connectivity index (χ3v) is 4.64. The molecule has 0 unspecified atom stereocenters. The summed E-state index contributed by atoms with van der Waals surface area (Å²) in [7, 11) is 1.55. The van der Waals surface area contributed by atoms with Crippen molar-refractivity contribution in [1.29, 1.82) is 0 Å². The van der Waals surface area contributed by atoms with Gasteiger partial charge in [0, 0.05) is 25.0 Å². The van der Waals surface area contributed by atoms with Gasteiger partial charge < -0.3 is 18.8 Å². The third kappa shape index (κ3) is 6.36. The molecule has 0 aliphatic rings. The average Bonchev–Trinajstić information content (AvgIpc) is 3.26. The fraction of sp³-hybridized carbons (Fsp3) is 0.250. The van der Waals surface area contributed by atoms with Gasteiger partial charge in [0.1, 0.15) is 5.76 Å². The summed E-state index contributed by atoms with van der Waals surface area (Å²) in [5.41, 5.74) is 1.65. The molecule has 0 aliphatic carbocycles. The maximum absolute atomic E-state index is 13.0. The van der Waals surface area contributed by atoms with E-state index in [2.05, 4.69) is 4.98 Å². The van der Waals surface area contributed by atoms with Crippen molar-refractivity contribution in [1.82, 2.24) is 9.88 Å². The molecule has 1 amide bonds. The molecule has 7 heteroatoms. The molecule has 0 bridgehead atoms. The van der Waals surface area contributed by atoms with Crippen LogP contribution in [0.15, 0.2) is 65.5 Å². The van der Waals surface area contributed by atoms with E-state index in [1.54, 1.807) is 54.9 Å². The number of methoxy groups -OCH3 is 1. The summed E-state index contributed by atoms with van der Waals surface area (Å²) in [6.45, 7) is 4.58. The van der Waals surface area contributed by atoms with Crippen LogP contribution in [-0.2, 0) is 17.9 Å². The van der Waals surface area contributed by atoms with E-state index in [0.29, 0.717) is 35.4 Å². The lowest BCUT2D eigenvalue weighted by atomic mass is 10.1. The van der Waals surface area contributed by atoms with E-state index in [1.807, 2.05) is 32.0 Å². The minimum Gasteiger partial charge on any atom is -0.493 e. The first-order valence-electron chi connectivity index (χ1n) is 9.88. The van der Waals surface area contributed by atoms with Crippen molar-refractivity contribution in [2.75, 3.05) is 7.11 Å². The molecule has 1 aromatic carbocycles. The van der Waals surface area contributed by atoms with Gasteiger partial charge in [-0.1, -0.05) is 17.7 Å². The molecule has 0 saturated heterocycles. The number of pyridine rings is 1. The molecule has 0 atom stereocenters. The number of carbonyl (C=O) groups excluding carboxylic acids is 1. The maximum Gasteiger partial charge on any atom is 0.247 e. The van der Waals surface area contributed by atoms with Gasteiger partial charge in [0.05, 0.1) is 31.0 Å². The van der Waals surface area contributed by atoms with Crippen LogP contribution in [0.2, 0.25) is 5.02 Å². The van der Waals surface area contributed by atoms with E-state index in [0.717, 1.165) is 11.1 Å². The molecule has 6 nitrogen and oxygen atoms in total. The summed E-state index contributed by atoms with van der Waals surface area (Å²) < 4.78 is 16.6. The number of ether oxygens (including phenoxy) is 2. The van der Waals surface area contributed by atoms with E-state index in [4.69, 9.17) is 25.5 Å². The van der Waals surface area contributed by atoms with Gasteiger partial charge >= 0.3 is 0 Å². The molecule has 0 N–H and O–H groups in total. The van der Waals surface area contributed by atoms with Gasteiger partial charge in [0.2, 0.25) is 5.91 Å². The second kappa shape index (κ2) is 10.7. The van der Waals surface area contributed by atoms with Crippen LogP contribution in [0.5, 0.6) is 11.5 Å². The highest BCUT2D eigenvalue weighted by Gasteiger charge is 2.15. The minimum atomic E-state index is -0.169. The summed E-state index contributed by atoms with van der Waals surface area (Å²) in [6, 6.07) is 10.9. The maximum atomic E-state index is 13.0. The predicted molar refractivity (Wildman–Crippen MR) is 120 cm³/mol. The number of benzene rings is 1. The Labute approximate surface area is 187 Å². The molecule has 162 valence electrons. The number of carbonyl (C=O) groups is 1. The number of nitrogens with zero attached hydrogens (tertiary/aromatic N) is 2. The number of aromatic nitrogens is 1. The SMILES string of the molecule is COc1cc(/C=C/C(=O)N(Cc2cccnc2)Cc2ccco2)cc(Cl)c1OC(C)C. The van der Waals surface area contributed by atoms with Crippen molar-refractivity contribution in [2.24, 2.45) is 0 Å². The number of rotatable bonds is 9. The van der Waals surface area contributed by atoms with Crippen molar-refractivity contribution >= 4 is 23.6 Å². The van der Waals surface area contributed by atoms with Crippen LogP contribution in [0.25, 0.3) is 6.08 Å². The summed E-state index contributed by atoms with van der Waals surface area (Å²) in [4.78, 5) is 18.8. The summed E-state index contributed by atoms with van der Waals surface area (Å²) in [6.07, 6.45) is 8.20. The molecule has 2 heterocycles. The van der Waals surface area contributed by atoms with E-state index in [-0.39, 0.29) is 12.0 Å². The van der Waals surface area contributed by atoms with Crippen LogP contribution in [0.1, 0.15) is 30.7 Å². The molecule has 0 radical (unpaired) electrons. The molecule has 3 aromatic rings. The highest BCUT2D eigenvalue weighted by molar-refractivity contribution is 6.32. The largest absolute Gasteiger partial charge is 0.493 e.